The van der Waals surface area contributed by atoms with E-state index in [0.717, 1.165) is 0 Å². The molecule has 8 nitrogen and oxygen atoms in total. The molecule has 30 heavy (non-hydrogen) atoms. The van der Waals surface area contributed by atoms with Gasteiger partial charge in [0, 0.05) is 44.8 Å². The lowest BCUT2D eigenvalue weighted by atomic mass is 10.1. The van der Waals surface area contributed by atoms with E-state index < -0.39 is 21.7 Å². The summed E-state index contributed by atoms with van der Waals surface area (Å²) in [6, 6.07) is 4.67. The molecule has 0 bridgehead atoms. The largest absolute Gasteiger partial charge is 0.444 e. The van der Waals surface area contributed by atoms with Gasteiger partial charge in [-0.05, 0) is 45.4 Å². The standard InChI is InChI=1S/C21H33N3O5S/c1-7-24(8-2)30(27,28)17-10-9-16(3)18(15-17)19(25)22-11-13-23(14-12-22)20(26)29-21(4,5)6/h9-10,15H,7-8,11-14H2,1-6H3. The average molecular weight is 440 g/mol. The van der Waals surface area contributed by atoms with E-state index in [4.69, 9.17) is 4.74 Å². The molecule has 0 spiro atoms. The topological polar surface area (TPSA) is 87.2 Å². The van der Waals surface area contributed by atoms with E-state index in [1.807, 2.05) is 20.8 Å². The van der Waals surface area contributed by atoms with Gasteiger partial charge in [-0.1, -0.05) is 19.9 Å². The maximum atomic E-state index is 13.1. The molecular weight excluding hydrogens is 406 g/mol. The van der Waals surface area contributed by atoms with Crippen LogP contribution in [0, 0.1) is 6.92 Å². The Kier molecular flexibility index (Phi) is 7.52. The number of nitrogens with zero attached hydrogens (tertiary/aromatic N) is 3. The molecule has 1 fully saturated rings. The van der Waals surface area contributed by atoms with Crippen LogP contribution in [0.1, 0.15) is 50.5 Å². The number of aryl methyl sites for hydroxylation is 1. The Balaban J connectivity index is 2.16. The molecule has 0 atom stereocenters. The van der Waals surface area contributed by atoms with Gasteiger partial charge < -0.3 is 14.5 Å². The first-order valence-electron chi connectivity index (χ1n) is 10.3. The molecule has 0 N–H and O–H groups in total. The van der Waals surface area contributed by atoms with E-state index in [9.17, 15) is 18.0 Å². The van der Waals surface area contributed by atoms with Crippen molar-refractivity contribution in [2.24, 2.45) is 0 Å². The second-order valence-corrected chi connectivity index (χ2v) is 10.3. The van der Waals surface area contributed by atoms with E-state index in [0.29, 0.717) is 50.4 Å². The minimum atomic E-state index is -3.65. The van der Waals surface area contributed by atoms with Crippen LogP contribution in [0.3, 0.4) is 0 Å². The minimum absolute atomic E-state index is 0.118. The summed E-state index contributed by atoms with van der Waals surface area (Å²) in [4.78, 5) is 28.7. The average Bonchev–Trinajstić information content (AvgIpc) is 2.67. The van der Waals surface area contributed by atoms with E-state index in [2.05, 4.69) is 0 Å². The fraction of sp³-hybridized carbons (Fsp3) is 0.619. The van der Waals surface area contributed by atoms with Gasteiger partial charge in [0.15, 0.2) is 0 Å². The molecule has 2 amide bonds. The van der Waals surface area contributed by atoms with Gasteiger partial charge in [-0.25, -0.2) is 13.2 Å². The van der Waals surface area contributed by atoms with Crippen molar-refractivity contribution in [2.45, 2.75) is 52.0 Å². The van der Waals surface area contributed by atoms with E-state index in [-0.39, 0.29) is 10.8 Å². The third-order valence-corrected chi connectivity index (χ3v) is 7.05. The van der Waals surface area contributed by atoms with Gasteiger partial charge in [0.2, 0.25) is 10.0 Å². The lowest BCUT2D eigenvalue weighted by Gasteiger charge is -2.35. The summed E-state index contributed by atoms with van der Waals surface area (Å²) in [5.41, 5.74) is 0.514. The molecule has 0 radical (unpaired) electrons. The van der Waals surface area contributed by atoms with Gasteiger partial charge in [0.1, 0.15) is 5.60 Å². The van der Waals surface area contributed by atoms with Crippen molar-refractivity contribution < 1.29 is 22.7 Å². The Hall–Kier alpha value is -2.13. The molecule has 1 aromatic rings. The van der Waals surface area contributed by atoms with Crippen LogP contribution in [0.4, 0.5) is 4.79 Å². The van der Waals surface area contributed by atoms with Crippen LogP contribution in [0.5, 0.6) is 0 Å². The van der Waals surface area contributed by atoms with Gasteiger partial charge >= 0.3 is 6.09 Å². The molecule has 0 unspecified atom stereocenters. The third-order valence-electron chi connectivity index (χ3n) is 5.00. The van der Waals surface area contributed by atoms with Gasteiger partial charge in [-0.15, -0.1) is 0 Å². The highest BCUT2D eigenvalue weighted by molar-refractivity contribution is 7.89. The smallest absolute Gasteiger partial charge is 0.410 e. The number of sulfonamides is 1. The minimum Gasteiger partial charge on any atom is -0.444 e. The number of piperazine rings is 1. The van der Waals surface area contributed by atoms with Gasteiger partial charge in [0.05, 0.1) is 4.90 Å². The fourth-order valence-corrected chi connectivity index (χ4v) is 4.78. The molecule has 1 aliphatic heterocycles. The van der Waals surface area contributed by atoms with Crippen LogP contribution >= 0.6 is 0 Å². The van der Waals surface area contributed by atoms with Gasteiger partial charge in [-0.3, -0.25) is 4.79 Å². The van der Waals surface area contributed by atoms with Crippen molar-refractivity contribution in [1.82, 2.24) is 14.1 Å². The molecule has 1 aliphatic rings. The van der Waals surface area contributed by atoms with Crippen molar-refractivity contribution in [1.29, 1.82) is 0 Å². The Bertz CT molecular complexity index is 880. The van der Waals surface area contributed by atoms with Crippen LogP contribution < -0.4 is 0 Å². The van der Waals surface area contributed by atoms with Crippen molar-refractivity contribution in [3.8, 4) is 0 Å². The van der Waals surface area contributed by atoms with Crippen LogP contribution in [0.2, 0.25) is 0 Å². The Labute approximate surface area is 179 Å². The fourth-order valence-electron chi connectivity index (χ4n) is 3.29. The molecule has 0 aromatic heterocycles. The monoisotopic (exact) mass is 439 g/mol. The molecule has 168 valence electrons. The first-order chi connectivity index (χ1) is 13.9. The maximum Gasteiger partial charge on any atom is 0.410 e. The highest BCUT2D eigenvalue weighted by Gasteiger charge is 2.29. The number of amides is 2. The summed E-state index contributed by atoms with van der Waals surface area (Å²) in [7, 11) is -3.65. The maximum absolute atomic E-state index is 13.1. The van der Waals surface area contributed by atoms with E-state index in [1.54, 1.807) is 42.7 Å². The highest BCUT2D eigenvalue weighted by Crippen LogP contribution is 2.21. The predicted molar refractivity (Wildman–Crippen MR) is 115 cm³/mol. The lowest BCUT2D eigenvalue weighted by Crippen LogP contribution is -2.51. The Morgan fingerprint density at radius 3 is 2.07 bits per heavy atom. The number of carbonyl (C=O) groups excluding carboxylic acids is 2. The van der Waals surface area contributed by atoms with Crippen LogP contribution in [-0.2, 0) is 14.8 Å². The van der Waals surface area contributed by atoms with Crippen LogP contribution in [0.15, 0.2) is 23.1 Å². The molecule has 2 rings (SSSR count). The highest BCUT2D eigenvalue weighted by atomic mass is 32.2. The lowest BCUT2D eigenvalue weighted by molar-refractivity contribution is 0.0140. The van der Waals surface area contributed by atoms with Crippen molar-refractivity contribution in [3.63, 3.8) is 0 Å². The van der Waals surface area contributed by atoms with Crippen molar-refractivity contribution in [2.75, 3.05) is 39.3 Å². The van der Waals surface area contributed by atoms with Crippen LogP contribution in [0.25, 0.3) is 0 Å². The SMILES string of the molecule is CCN(CC)S(=O)(=O)c1ccc(C)c(C(=O)N2CCN(C(=O)OC(C)(C)C)CC2)c1. The summed E-state index contributed by atoms with van der Waals surface area (Å²) in [6.45, 7) is 13.0. The summed E-state index contributed by atoms with van der Waals surface area (Å²) in [5.74, 6) is -0.229. The third kappa shape index (κ3) is 5.51. The number of ether oxygens (including phenoxy) is 1. The molecule has 1 heterocycles. The van der Waals surface area contributed by atoms with Crippen molar-refractivity contribution in [3.05, 3.63) is 29.3 Å². The zero-order valence-electron chi connectivity index (χ0n) is 18.8. The van der Waals surface area contributed by atoms with Crippen molar-refractivity contribution >= 4 is 22.0 Å². The van der Waals surface area contributed by atoms with Crippen LogP contribution in [-0.4, -0.2) is 79.4 Å². The molecule has 9 heteroatoms. The quantitative estimate of drug-likeness (QED) is 0.704. The number of benzene rings is 1. The summed E-state index contributed by atoms with van der Waals surface area (Å²) in [6.07, 6.45) is -0.391. The first kappa shape index (κ1) is 24.1. The normalized spacial score (nSPS) is 15.4. The number of hydrogen-bond acceptors (Lipinski definition) is 5. The molecule has 0 saturated carbocycles. The van der Waals surface area contributed by atoms with E-state index in [1.165, 1.54) is 10.4 Å². The second-order valence-electron chi connectivity index (χ2n) is 8.33. The summed E-state index contributed by atoms with van der Waals surface area (Å²) >= 11 is 0. The summed E-state index contributed by atoms with van der Waals surface area (Å²) < 4.78 is 32.4. The first-order valence-corrected chi connectivity index (χ1v) is 11.7. The molecule has 1 saturated heterocycles. The number of carbonyl (C=O) groups is 2. The Morgan fingerprint density at radius 2 is 1.57 bits per heavy atom. The molecule has 1 aromatic carbocycles. The molecule has 0 aliphatic carbocycles. The summed E-state index contributed by atoms with van der Waals surface area (Å²) in [5, 5.41) is 0. The zero-order chi connectivity index (χ0) is 22.7. The molecular formula is C21H33N3O5S. The number of rotatable bonds is 5. The Morgan fingerprint density at radius 1 is 1.03 bits per heavy atom. The predicted octanol–water partition coefficient (Wildman–Crippen LogP) is 2.72. The van der Waals surface area contributed by atoms with E-state index >= 15 is 0 Å². The zero-order valence-corrected chi connectivity index (χ0v) is 19.6. The second kappa shape index (κ2) is 9.34. The number of hydrogen-bond donors (Lipinski definition) is 0. The van der Waals surface area contributed by atoms with Gasteiger partial charge in [0.25, 0.3) is 5.91 Å². The van der Waals surface area contributed by atoms with Gasteiger partial charge in [-0.2, -0.15) is 4.31 Å².